The monoisotopic (exact) mass is 261 g/mol. The van der Waals surface area contributed by atoms with E-state index >= 15 is 0 Å². The van der Waals surface area contributed by atoms with E-state index in [4.69, 9.17) is 5.11 Å². The first-order valence-electron chi connectivity index (χ1n) is 7.25. The van der Waals surface area contributed by atoms with E-state index < -0.39 is 12.0 Å². The Morgan fingerprint density at radius 2 is 2.26 bits per heavy atom. The van der Waals surface area contributed by atoms with Gasteiger partial charge < -0.3 is 10.4 Å². The Morgan fingerprint density at radius 1 is 1.47 bits per heavy atom. The van der Waals surface area contributed by atoms with Crippen LogP contribution in [0.2, 0.25) is 0 Å². The third-order valence-corrected chi connectivity index (χ3v) is 3.70. The number of hydrogen-bond acceptors (Lipinski definition) is 2. The normalized spacial score (nSPS) is 16.3. The smallest absolute Gasteiger partial charge is 0.320 e. The molecule has 104 valence electrons. The summed E-state index contributed by atoms with van der Waals surface area (Å²) < 4.78 is 0. The highest BCUT2D eigenvalue weighted by Crippen LogP contribution is 2.40. The van der Waals surface area contributed by atoms with Gasteiger partial charge >= 0.3 is 5.97 Å². The molecule has 0 radical (unpaired) electrons. The Bertz CT molecular complexity index is 427. The number of carboxylic acids is 1. The standard InChI is InChI=1S/C16H23NO2/c1-2-3-7-15(16(18)19)17-11-12-5-4-6-14(10-12)13-8-9-13/h4-6,10,13,15,17H,2-3,7-9,11H2,1H3,(H,18,19). The summed E-state index contributed by atoms with van der Waals surface area (Å²) >= 11 is 0. The van der Waals surface area contributed by atoms with E-state index in [1.165, 1.54) is 24.0 Å². The molecule has 0 heterocycles. The van der Waals surface area contributed by atoms with Crippen molar-refractivity contribution < 1.29 is 9.90 Å². The third-order valence-electron chi connectivity index (χ3n) is 3.70. The molecule has 0 aromatic heterocycles. The molecule has 1 aliphatic carbocycles. The number of carboxylic acid groups (broad SMARTS) is 1. The fraction of sp³-hybridized carbons (Fsp3) is 0.562. The molecule has 0 saturated heterocycles. The minimum Gasteiger partial charge on any atom is -0.480 e. The molecule has 0 spiro atoms. The van der Waals surface area contributed by atoms with Crippen LogP contribution in [0.15, 0.2) is 24.3 Å². The fourth-order valence-electron chi connectivity index (χ4n) is 2.34. The van der Waals surface area contributed by atoms with Crippen molar-refractivity contribution in [3.05, 3.63) is 35.4 Å². The van der Waals surface area contributed by atoms with Crippen molar-refractivity contribution >= 4 is 5.97 Å². The van der Waals surface area contributed by atoms with Crippen LogP contribution < -0.4 is 5.32 Å². The second kappa shape index (κ2) is 6.71. The van der Waals surface area contributed by atoms with Gasteiger partial charge in [0.2, 0.25) is 0 Å². The molecule has 1 fully saturated rings. The Labute approximate surface area is 115 Å². The zero-order valence-electron chi connectivity index (χ0n) is 11.6. The van der Waals surface area contributed by atoms with E-state index in [0.29, 0.717) is 13.0 Å². The third kappa shape index (κ3) is 4.35. The number of unbranched alkanes of at least 4 members (excludes halogenated alkanes) is 1. The van der Waals surface area contributed by atoms with Gasteiger partial charge in [0.15, 0.2) is 0 Å². The van der Waals surface area contributed by atoms with Crippen LogP contribution in [0.25, 0.3) is 0 Å². The molecule has 1 unspecified atom stereocenters. The maximum atomic E-state index is 11.1. The van der Waals surface area contributed by atoms with E-state index in [1.807, 2.05) is 0 Å². The highest BCUT2D eigenvalue weighted by molar-refractivity contribution is 5.73. The fourth-order valence-corrected chi connectivity index (χ4v) is 2.34. The number of rotatable bonds is 8. The summed E-state index contributed by atoms with van der Waals surface area (Å²) in [4.78, 5) is 11.1. The summed E-state index contributed by atoms with van der Waals surface area (Å²) in [6.07, 6.45) is 5.28. The molecule has 1 saturated carbocycles. The average molecular weight is 261 g/mol. The van der Waals surface area contributed by atoms with Crippen molar-refractivity contribution in [2.75, 3.05) is 0 Å². The van der Waals surface area contributed by atoms with Gasteiger partial charge in [-0.25, -0.2) is 0 Å². The van der Waals surface area contributed by atoms with Gasteiger partial charge in [-0.05, 0) is 36.3 Å². The van der Waals surface area contributed by atoms with E-state index in [0.717, 1.165) is 18.8 Å². The van der Waals surface area contributed by atoms with Crippen LogP contribution in [0, 0.1) is 0 Å². The molecule has 2 N–H and O–H groups in total. The quantitative estimate of drug-likeness (QED) is 0.755. The summed E-state index contributed by atoms with van der Waals surface area (Å²) in [6.45, 7) is 2.72. The van der Waals surface area contributed by atoms with E-state index in [1.54, 1.807) is 0 Å². The number of carbonyl (C=O) groups is 1. The van der Waals surface area contributed by atoms with Crippen LogP contribution in [0.5, 0.6) is 0 Å². The van der Waals surface area contributed by atoms with Gasteiger partial charge in [0.1, 0.15) is 6.04 Å². The highest BCUT2D eigenvalue weighted by Gasteiger charge is 2.23. The van der Waals surface area contributed by atoms with Gasteiger partial charge in [-0.3, -0.25) is 4.79 Å². The Hall–Kier alpha value is -1.35. The molecule has 1 atom stereocenters. The minimum atomic E-state index is -0.744. The van der Waals surface area contributed by atoms with E-state index in [9.17, 15) is 4.79 Å². The Kier molecular flexibility index (Phi) is 4.97. The first-order chi connectivity index (χ1) is 9.20. The first-order valence-corrected chi connectivity index (χ1v) is 7.25. The molecule has 1 aromatic rings. The maximum Gasteiger partial charge on any atom is 0.320 e. The summed E-state index contributed by atoms with van der Waals surface area (Å²) in [5, 5.41) is 12.3. The Balaban J connectivity index is 1.88. The lowest BCUT2D eigenvalue weighted by atomic mass is 10.1. The van der Waals surface area contributed by atoms with Crippen LogP contribution in [0.4, 0.5) is 0 Å². The van der Waals surface area contributed by atoms with Crippen LogP contribution >= 0.6 is 0 Å². The topological polar surface area (TPSA) is 49.3 Å². The predicted octanol–water partition coefficient (Wildman–Crippen LogP) is 3.30. The number of nitrogens with one attached hydrogen (secondary N) is 1. The molecule has 2 rings (SSSR count). The number of benzene rings is 1. The molecule has 1 aromatic carbocycles. The van der Waals surface area contributed by atoms with Crippen LogP contribution in [0.3, 0.4) is 0 Å². The molecule has 0 aliphatic heterocycles. The van der Waals surface area contributed by atoms with Gasteiger partial charge in [0.25, 0.3) is 0 Å². The second-order valence-electron chi connectivity index (χ2n) is 5.43. The van der Waals surface area contributed by atoms with Crippen LogP contribution in [-0.2, 0) is 11.3 Å². The lowest BCUT2D eigenvalue weighted by Crippen LogP contribution is -2.36. The number of hydrogen-bond donors (Lipinski definition) is 2. The summed E-state index contributed by atoms with van der Waals surface area (Å²) in [7, 11) is 0. The van der Waals surface area contributed by atoms with Crippen molar-refractivity contribution in [2.24, 2.45) is 0 Å². The summed E-state index contributed by atoms with van der Waals surface area (Å²) in [5.74, 6) is 0.00195. The molecule has 1 aliphatic rings. The summed E-state index contributed by atoms with van der Waals surface area (Å²) in [5.41, 5.74) is 2.59. The lowest BCUT2D eigenvalue weighted by Gasteiger charge is -2.14. The SMILES string of the molecule is CCCCC(NCc1cccc(C2CC2)c1)C(=O)O. The average Bonchev–Trinajstić information content (AvgIpc) is 3.23. The number of aliphatic carboxylic acids is 1. The van der Waals surface area contributed by atoms with E-state index in [-0.39, 0.29) is 0 Å². The molecular formula is C16H23NO2. The molecule has 0 bridgehead atoms. The predicted molar refractivity (Wildman–Crippen MR) is 76.2 cm³/mol. The lowest BCUT2D eigenvalue weighted by molar-refractivity contribution is -0.139. The highest BCUT2D eigenvalue weighted by atomic mass is 16.4. The largest absolute Gasteiger partial charge is 0.480 e. The van der Waals surface area contributed by atoms with E-state index in [2.05, 4.69) is 36.5 Å². The van der Waals surface area contributed by atoms with Gasteiger partial charge in [-0.15, -0.1) is 0 Å². The van der Waals surface area contributed by atoms with Crippen molar-refractivity contribution in [1.29, 1.82) is 0 Å². The van der Waals surface area contributed by atoms with Crippen LogP contribution in [0.1, 0.15) is 56.1 Å². The molecular weight excluding hydrogens is 238 g/mol. The Morgan fingerprint density at radius 3 is 2.89 bits per heavy atom. The first kappa shape index (κ1) is 14.1. The zero-order chi connectivity index (χ0) is 13.7. The van der Waals surface area contributed by atoms with Gasteiger partial charge in [-0.2, -0.15) is 0 Å². The van der Waals surface area contributed by atoms with Gasteiger partial charge in [0.05, 0.1) is 0 Å². The van der Waals surface area contributed by atoms with Gasteiger partial charge in [-0.1, -0.05) is 44.0 Å². The molecule has 0 amide bonds. The molecule has 3 nitrogen and oxygen atoms in total. The van der Waals surface area contributed by atoms with Crippen molar-refractivity contribution in [3.63, 3.8) is 0 Å². The molecule has 19 heavy (non-hydrogen) atoms. The summed E-state index contributed by atoms with van der Waals surface area (Å²) in [6, 6.07) is 8.10. The van der Waals surface area contributed by atoms with Crippen molar-refractivity contribution in [3.8, 4) is 0 Å². The van der Waals surface area contributed by atoms with Gasteiger partial charge in [0, 0.05) is 6.54 Å². The van der Waals surface area contributed by atoms with Crippen molar-refractivity contribution in [2.45, 2.75) is 57.5 Å². The van der Waals surface area contributed by atoms with Crippen LogP contribution in [-0.4, -0.2) is 17.1 Å². The minimum absolute atomic E-state index is 0.426. The maximum absolute atomic E-state index is 11.1. The molecule has 3 heteroatoms. The van der Waals surface area contributed by atoms with Crippen molar-refractivity contribution in [1.82, 2.24) is 5.32 Å². The second-order valence-corrected chi connectivity index (χ2v) is 5.43. The zero-order valence-corrected chi connectivity index (χ0v) is 11.6.